The van der Waals surface area contributed by atoms with E-state index in [0.29, 0.717) is 43.2 Å². The lowest BCUT2D eigenvalue weighted by Crippen LogP contribution is -2.36. The minimum atomic E-state index is -0.708. The van der Waals surface area contributed by atoms with Gasteiger partial charge in [0.2, 0.25) is 5.78 Å². The number of halogens is 2. The van der Waals surface area contributed by atoms with Crippen molar-refractivity contribution in [2.75, 3.05) is 36.5 Å². The van der Waals surface area contributed by atoms with E-state index in [9.17, 15) is 18.4 Å². The Balaban J connectivity index is 1.40. The largest absolute Gasteiger partial charge is 0.378 e. The summed E-state index contributed by atoms with van der Waals surface area (Å²) in [6.07, 6.45) is 3.09. The summed E-state index contributed by atoms with van der Waals surface area (Å²) in [4.78, 5) is 40.7. The summed E-state index contributed by atoms with van der Waals surface area (Å²) in [6, 6.07) is 9.93. The van der Waals surface area contributed by atoms with Crippen LogP contribution in [0.1, 0.15) is 26.4 Å². The summed E-state index contributed by atoms with van der Waals surface area (Å²) in [5.41, 5.74) is 1.33. The fourth-order valence-corrected chi connectivity index (χ4v) is 3.72. The minimum absolute atomic E-state index is 0.00329. The lowest BCUT2D eigenvalue weighted by molar-refractivity contribution is 0.101. The smallest absolute Gasteiger partial charge is 0.255 e. The van der Waals surface area contributed by atoms with Crippen molar-refractivity contribution in [1.82, 2.24) is 15.0 Å². The Kier molecular flexibility index (Phi) is 6.11. The highest BCUT2D eigenvalue weighted by atomic mass is 19.1. The average molecular weight is 475 g/mol. The second-order valence-electron chi connectivity index (χ2n) is 7.90. The van der Waals surface area contributed by atoms with Gasteiger partial charge in [-0.1, -0.05) is 0 Å². The summed E-state index contributed by atoms with van der Waals surface area (Å²) in [7, 11) is 0. The number of nitrogens with zero attached hydrogens (tertiary/aromatic N) is 4. The van der Waals surface area contributed by atoms with E-state index in [1.807, 2.05) is 4.90 Å². The van der Waals surface area contributed by atoms with E-state index in [4.69, 9.17) is 4.74 Å². The fraction of sp³-hybridized carbons (Fsp3) is 0.160. The average Bonchev–Trinajstić information content (AvgIpc) is 2.88. The summed E-state index contributed by atoms with van der Waals surface area (Å²) >= 11 is 0. The van der Waals surface area contributed by atoms with Gasteiger partial charge < -0.3 is 15.0 Å². The minimum Gasteiger partial charge on any atom is -0.378 e. The molecule has 0 aliphatic carbocycles. The van der Waals surface area contributed by atoms with Gasteiger partial charge in [0.05, 0.1) is 31.1 Å². The second-order valence-corrected chi connectivity index (χ2v) is 7.90. The third-order valence-corrected chi connectivity index (χ3v) is 5.51. The van der Waals surface area contributed by atoms with Crippen LogP contribution >= 0.6 is 0 Å². The molecule has 0 bridgehead atoms. The maximum Gasteiger partial charge on any atom is 0.255 e. The van der Waals surface area contributed by atoms with Gasteiger partial charge in [-0.15, -0.1) is 0 Å². The molecule has 0 spiro atoms. The molecule has 1 N–H and O–H groups in total. The molecule has 0 atom stereocenters. The molecule has 8 nitrogen and oxygen atoms in total. The van der Waals surface area contributed by atoms with Crippen molar-refractivity contribution in [3.63, 3.8) is 0 Å². The predicted octanol–water partition coefficient (Wildman–Crippen LogP) is 3.62. The molecule has 2 aromatic heterocycles. The zero-order chi connectivity index (χ0) is 24.4. The van der Waals surface area contributed by atoms with Crippen molar-refractivity contribution in [2.24, 2.45) is 0 Å². The van der Waals surface area contributed by atoms with Gasteiger partial charge in [0, 0.05) is 29.9 Å². The van der Waals surface area contributed by atoms with Crippen molar-refractivity contribution in [3.05, 3.63) is 89.4 Å². The third kappa shape index (κ3) is 4.97. The molecule has 2 aromatic carbocycles. The van der Waals surface area contributed by atoms with Crippen LogP contribution in [0.5, 0.6) is 0 Å². The van der Waals surface area contributed by atoms with Crippen LogP contribution in [-0.4, -0.2) is 52.9 Å². The molecule has 1 aliphatic heterocycles. The number of carbonyl (C=O) groups excluding carboxylic acids is 2. The Morgan fingerprint density at radius 2 is 1.63 bits per heavy atom. The van der Waals surface area contributed by atoms with Crippen molar-refractivity contribution in [2.45, 2.75) is 0 Å². The van der Waals surface area contributed by atoms with Crippen LogP contribution in [0.15, 0.2) is 60.9 Å². The molecular weight excluding hydrogens is 456 g/mol. The molecule has 4 aromatic rings. The molecule has 1 aliphatic rings. The number of rotatable bonds is 5. The van der Waals surface area contributed by atoms with Gasteiger partial charge in [0.15, 0.2) is 0 Å². The SMILES string of the molecule is O=C(Nc1cc(F)cc(C(=O)c2cc3nc(N4CCOCC4)cnc3cn2)c1)c1ccc(F)cc1. The number of aromatic nitrogens is 3. The molecule has 0 radical (unpaired) electrons. The topological polar surface area (TPSA) is 97.3 Å². The number of carbonyl (C=O) groups is 2. The molecule has 0 unspecified atom stereocenters. The Hall–Kier alpha value is -4.31. The first-order valence-electron chi connectivity index (χ1n) is 10.8. The highest BCUT2D eigenvalue weighted by molar-refractivity contribution is 6.10. The van der Waals surface area contributed by atoms with Crippen LogP contribution < -0.4 is 10.2 Å². The number of ketones is 1. The molecule has 1 saturated heterocycles. The van der Waals surface area contributed by atoms with Gasteiger partial charge in [-0.2, -0.15) is 0 Å². The van der Waals surface area contributed by atoms with E-state index < -0.39 is 23.3 Å². The Morgan fingerprint density at radius 1 is 0.857 bits per heavy atom. The van der Waals surface area contributed by atoms with E-state index >= 15 is 0 Å². The predicted molar refractivity (Wildman–Crippen MR) is 125 cm³/mol. The molecule has 1 fully saturated rings. The zero-order valence-corrected chi connectivity index (χ0v) is 18.4. The maximum absolute atomic E-state index is 14.3. The van der Waals surface area contributed by atoms with Gasteiger partial charge in [-0.25, -0.2) is 18.7 Å². The van der Waals surface area contributed by atoms with E-state index in [2.05, 4.69) is 20.3 Å². The highest BCUT2D eigenvalue weighted by Crippen LogP contribution is 2.21. The summed E-state index contributed by atoms with van der Waals surface area (Å²) in [5, 5.41) is 2.53. The number of benzene rings is 2. The number of ether oxygens (including phenoxy) is 1. The maximum atomic E-state index is 14.3. The quantitative estimate of drug-likeness (QED) is 0.441. The van der Waals surface area contributed by atoms with Gasteiger partial charge in [-0.3, -0.25) is 14.6 Å². The Morgan fingerprint density at radius 3 is 2.40 bits per heavy atom. The van der Waals surface area contributed by atoms with E-state index in [-0.39, 0.29) is 22.5 Å². The zero-order valence-electron chi connectivity index (χ0n) is 18.4. The number of nitrogens with one attached hydrogen (secondary N) is 1. The second kappa shape index (κ2) is 9.51. The van der Waals surface area contributed by atoms with Crippen molar-refractivity contribution < 1.29 is 23.1 Å². The molecule has 3 heterocycles. The molecule has 176 valence electrons. The van der Waals surface area contributed by atoms with Gasteiger partial charge in [0.25, 0.3) is 5.91 Å². The molecule has 10 heteroatoms. The lowest BCUT2D eigenvalue weighted by atomic mass is 10.1. The number of amides is 1. The number of pyridine rings is 1. The molecule has 35 heavy (non-hydrogen) atoms. The molecule has 1 amide bonds. The number of hydrogen-bond acceptors (Lipinski definition) is 7. The fourth-order valence-electron chi connectivity index (χ4n) is 3.72. The first-order chi connectivity index (χ1) is 17.0. The summed E-state index contributed by atoms with van der Waals surface area (Å²) in [5.74, 6) is -1.63. The third-order valence-electron chi connectivity index (χ3n) is 5.51. The lowest BCUT2D eigenvalue weighted by Gasteiger charge is -2.27. The standard InChI is InChI=1S/C25H19F2N5O3/c26-17-3-1-15(2-4-17)25(34)30-19-10-16(9-18(27)11-19)24(33)21-12-20-22(13-28-21)29-14-23(31-20)32-5-7-35-8-6-32/h1-4,9-14H,5-8H2,(H,30,34). The highest BCUT2D eigenvalue weighted by Gasteiger charge is 2.17. The van der Waals surface area contributed by atoms with Gasteiger partial charge >= 0.3 is 0 Å². The molecule has 5 rings (SSSR count). The van der Waals surface area contributed by atoms with Crippen molar-refractivity contribution in [3.8, 4) is 0 Å². The number of fused-ring (bicyclic) bond motifs is 1. The van der Waals surface area contributed by atoms with Gasteiger partial charge in [0.1, 0.15) is 28.7 Å². The molecule has 0 saturated carbocycles. The van der Waals surface area contributed by atoms with Crippen LogP contribution in [-0.2, 0) is 4.74 Å². The van der Waals surface area contributed by atoms with Crippen LogP contribution in [0.25, 0.3) is 11.0 Å². The van der Waals surface area contributed by atoms with Crippen LogP contribution in [0, 0.1) is 11.6 Å². The Bertz CT molecular complexity index is 1420. The first-order valence-corrected chi connectivity index (χ1v) is 10.8. The van der Waals surface area contributed by atoms with Crippen LogP contribution in [0.2, 0.25) is 0 Å². The summed E-state index contributed by atoms with van der Waals surface area (Å²) in [6.45, 7) is 2.57. The number of morpholine rings is 1. The van der Waals surface area contributed by atoms with Crippen LogP contribution in [0.4, 0.5) is 20.3 Å². The number of hydrogen-bond donors (Lipinski definition) is 1. The Labute approximate surface area is 198 Å². The van der Waals surface area contributed by atoms with Crippen molar-refractivity contribution >= 4 is 34.2 Å². The molecular formula is C25H19F2N5O3. The van der Waals surface area contributed by atoms with Crippen molar-refractivity contribution in [1.29, 1.82) is 0 Å². The normalized spacial score (nSPS) is 13.6. The van der Waals surface area contributed by atoms with E-state index in [0.717, 1.165) is 24.3 Å². The van der Waals surface area contributed by atoms with Gasteiger partial charge in [-0.05, 0) is 48.5 Å². The number of anilines is 2. The summed E-state index contributed by atoms with van der Waals surface area (Å²) < 4.78 is 32.8. The van der Waals surface area contributed by atoms with E-state index in [1.54, 1.807) is 6.20 Å². The first kappa shape index (κ1) is 22.5. The monoisotopic (exact) mass is 475 g/mol. The van der Waals surface area contributed by atoms with Crippen LogP contribution in [0.3, 0.4) is 0 Å². The van der Waals surface area contributed by atoms with E-state index in [1.165, 1.54) is 30.5 Å².